The Labute approximate surface area is 147 Å². The average molecular weight is 353 g/mol. The molecule has 25 heavy (non-hydrogen) atoms. The van der Waals surface area contributed by atoms with Gasteiger partial charge in [0.1, 0.15) is 5.82 Å². The molecule has 0 amide bonds. The predicted octanol–water partition coefficient (Wildman–Crippen LogP) is 3.80. The van der Waals surface area contributed by atoms with E-state index in [1.54, 1.807) is 49.5 Å². The van der Waals surface area contributed by atoms with E-state index in [1.807, 2.05) is 30.3 Å². The van der Waals surface area contributed by atoms with Gasteiger partial charge < -0.3 is 5.32 Å². The van der Waals surface area contributed by atoms with Crippen molar-refractivity contribution in [1.82, 2.24) is 4.98 Å². The lowest BCUT2D eigenvalue weighted by Crippen LogP contribution is -2.15. The number of nitrogens with zero attached hydrogens (tertiary/aromatic N) is 1. The highest BCUT2D eigenvalue weighted by Crippen LogP contribution is 2.19. The first-order valence-corrected chi connectivity index (χ1v) is 9.35. The molecule has 0 aliphatic rings. The minimum absolute atomic E-state index is 0.253. The normalized spacial score (nSPS) is 11.1. The van der Waals surface area contributed by atoms with Crippen molar-refractivity contribution in [2.45, 2.75) is 18.4 Å². The van der Waals surface area contributed by atoms with Crippen LogP contribution in [0.25, 0.3) is 0 Å². The summed E-state index contributed by atoms with van der Waals surface area (Å²) < 4.78 is 27.4. The van der Waals surface area contributed by atoms with Crippen LogP contribution in [0.3, 0.4) is 0 Å². The number of hydrogen-bond donors (Lipinski definition) is 2. The standard InChI is InChI=1S/C19H19N3O2S/c1-15-7-5-6-10-18(15)25(23,24)22-19-12-11-17(14-21-19)20-13-16-8-3-2-4-9-16/h2-12,14,20H,13H2,1H3,(H,21,22). The summed E-state index contributed by atoms with van der Waals surface area (Å²) in [5.41, 5.74) is 2.67. The van der Waals surface area contributed by atoms with Crippen molar-refractivity contribution in [3.05, 3.63) is 84.1 Å². The first-order valence-electron chi connectivity index (χ1n) is 7.87. The van der Waals surface area contributed by atoms with E-state index in [1.165, 1.54) is 0 Å². The number of pyridine rings is 1. The first kappa shape index (κ1) is 17.0. The van der Waals surface area contributed by atoms with Crippen LogP contribution < -0.4 is 10.0 Å². The highest BCUT2D eigenvalue weighted by atomic mass is 32.2. The molecule has 0 saturated heterocycles. The van der Waals surface area contributed by atoms with Crippen molar-refractivity contribution < 1.29 is 8.42 Å². The molecule has 0 aliphatic carbocycles. The molecular weight excluding hydrogens is 334 g/mol. The van der Waals surface area contributed by atoms with E-state index in [2.05, 4.69) is 15.0 Å². The molecule has 1 aromatic heterocycles. The molecule has 0 spiro atoms. The zero-order valence-corrected chi connectivity index (χ0v) is 14.6. The molecule has 0 unspecified atom stereocenters. The largest absolute Gasteiger partial charge is 0.380 e. The number of benzene rings is 2. The first-order chi connectivity index (χ1) is 12.0. The van der Waals surface area contributed by atoms with Crippen molar-refractivity contribution in [2.75, 3.05) is 10.0 Å². The Morgan fingerprint density at radius 2 is 1.64 bits per heavy atom. The van der Waals surface area contributed by atoms with Crippen LogP contribution >= 0.6 is 0 Å². The van der Waals surface area contributed by atoms with Gasteiger partial charge in [-0.15, -0.1) is 0 Å². The zero-order valence-electron chi connectivity index (χ0n) is 13.8. The van der Waals surface area contributed by atoms with E-state index in [9.17, 15) is 8.42 Å². The second kappa shape index (κ2) is 7.36. The van der Waals surface area contributed by atoms with Crippen LogP contribution in [-0.4, -0.2) is 13.4 Å². The van der Waals surface area contributed by atoms with Gasteiger partial charge in [0.2, 0.25) is 0 Å². The molecule has 2 N–H and O–H groups in total. The summed E-state index contributed by atoms with van der Waals surface area (Å²) in [4.78, 5) is 4.43. The Morgan fingerprint density at radius 1 is 0.920 bits per heavy atom. The number of aromatic nitrogens is 1. The fourth-order valence-corrected chi connectivity index (χ4v) is 3.67. The third-order valence-corrected chi connectivity index (χ3v) is 5.24. The lowest BCUT2D eigenvalue weighted by molar-refractivity contribution is 0.600. The highest BCUT2D eigenvalue weighted by molar-refractivity contribution is 7.92. The van der Waals surface area contributed by atoms with E-state index in [4.69, 9.17) is 0 Å². The molecule has 3 aromatic rings. The number of hydrogen-bond acceptors (Lipinski definition) is 4. The monoisotopic (exact) mass is 353 g/mol. The predicted molar refractivity (Wildman–Crippen MR) is 100.0 cm³/mol. The van der Waals surface area contributed by atoms with Crippen LogP contribution in [0.1, 0.15) is 11.1 Å². The van der Waals surface area contributed by atoms with Gasteiger partial charge in [-0.2, -0.15) is 0 Å². The van der Waals surface area contributed by atoms with Gasteiger partial charge >= 0.3 is 0 Å². The van der Waals surface area contributed by atoms with Crippen molar-refractivity contribution in [3.63, 3.8) is 0 Å². The molecule has 1 heterocycles. The van der Waals surface area contributed by atoms with Gasteiger partial charge in [-0.25, -0.2) is 13.4 Å². The third kappa shape index (κ3) is 4.36. The molecular formula is C19H19N3O2S. The lowest BCUT2D eigenvalue weighted by Gasteiger charge is -2.10. The molecule has 0 fully saturated rings. The Morgan fingerprint density at radius 3 is 2.32 bits per heavy atom. The molecule has 5 nitrogen and oxygen atoms in total. The second-order valence-electron chi connectivity index (χ2n) is 5.64. The van der Waals surface area contributed by atoms with E-state index in [0.717, 1.165) is 11.3 Å². The molecule has 3 rings (SSSR count). The third-order valence-electron chi connectivity index (χ3n) is 3.72. The zero-order chi connectivity index (χ0) is 17.7. The maximum atomic E-state index is 12.5. The summed E-state index contributed by atoms with van der Waals surface area (Å²) >= 11 is 0. The Balaban J connectivity index is 1.67. The van der Waals surface area contributed by atoms with Gasteiger partial charge in [0.15, 0.2) is 0 Å². The van der Waals surface area contributed by atoms with Crippen LogP contribution in [0.2, 0.25) is 0 Å². The second-order valence-corrected chi connectivity index (χ2v) is 7.29. The molecule has 0 radical (unpaired) electrons. The Bertz CT molecular complexity index is 940. The van der Waals surface area contributed by atoms with Crippen LogP contribution in [0.4, 0.5) is 11.5 Å². The quantitative estimate of drug-likeness (QED) is 0.707. The molecule has 2 aromatic carbocycles. The number of sulfonamides is 1. The van der Waals surface area contributed by atoms with Gasteiger partial charge in [-0.05, 0) is 36.2 Å². The van der Waals surface area contributed by atoms with Gasteiger partial charge in [-0.1, -0.05) is 48.5 Å². The van der Waals surface area contributed by atoms with Crippen molar-refractivity contribution in [3.8, 4) is 0 Å². The summed E-state index contributed by atoms with van der Waals surface area (Å²) in [6.07, 6.45) is 1.61. The average Bonchev–Trinajstić information content (AvgIpc) is 2.62. The van der Waals surface area contributed by atoms with E-state index >= 15 is 0 Å². The summed E-state index contributed by atoms with van der Waals surface area (Å²) in [7, 11) is -3.65. The SMILES string of the molecule is Cc1ccccc1S(=O)(=O)Nc1ccc(NCc2ccccc2)cn1. The van der Waals surface area contributed by atoms with Gasteiger partial charge in [0.25, 0.3) is 10.0 Å². The molecule has 0 saturated carbocycles. The maximum absolute atomic E-state index is 12.5. The number of nitrogens with one attached hydrogen (secondary N) is 2. The van der Waals surface area contributed by atoms with Crippen LogP contribution in [0.15, 0.2) is 77.8 Å². The highest BCUT2D eigenvalue weighted by Gasteiger charge is 2.16. The number of aryl methyl sites for hydroxylation is 1. The molecule has 0 bridgehead atoms. The van der Waals surface area contributed by atoms with Crippen molar-refractivity contribution in [2.24, 2.45) is 0 Å². The lowest BCUT2D eigenvalue weighted by atomic mass is 10.2. The Kier molecular flexibility index (Phi) is 5.00. The molecule has 128 valence electrons. The topological polar surface area (TPSA) is 71.1 Å². The summed E-state index contributed by atoms with van der Waals surface area (Å²) in [5.74, 6) is 0.286. The summed E-state index contributed by atoms with van der Waals surface area (Å²) in [6.45, 7) is 2.44. The number of rotatable bonds is 6. The van der Waals surface area contributed by atoms with Crippen LogP contribution in [0.5, 0.6) is 0 Å². The van der Waals surface area contributed by atoms with E-state index in [0.29, 0.717) is 12.1 Å². The fraction of sp³-hybridized carbons (Fsp3) is 0.105. The Hall–Kier alpha value is -2.86. The maximum Gasteiger partial charge on any atom is 0.263 e. The smallest absolute Gasteiger partial charge is 0.263 e. The molecule has 0 atom stereocenters. The summed E-state index contributed by atoms with van der Waals surface area (Å²) in [6, 6.07) is 20.3. The minimum Gasteiger partial charge on any atom is -0.380 e. The minimum atomic E-state index is -3.65. The fourth-order valence-electron chi connectivity index (χ4n) is 2.41. The van der Waals surface area contributed by atoms with E-state index < -0.39 is 10.0 Å². The number of anilines is 2. The summed E-state index contributed by atoms with van der Waals surface area (Å²) in [5, 5.41) is 3.25. The van der Waals surface area contributed by atoms with Crippen LogP contribution in [0, 0.1) is 6.92 Å². The molecule has 6 heteroatoms. The van der Waals surface area contributed by atoms with E-state index in [-0.39, 0.29) is 10.7 Å². The van der Waals surface area contributed by atoms with Gasteiger partial charge in [-0.3, -0.25) is 4.72 Å². The molecule has 0 aliphatic heterocycles. The van der Waals surface area contributed by atoms with Gasteiger partial charge in [0, 0.05) is 6.54 Å². The van der Waals surface area contributed by atoms with Crippen LogP contribution in [-0.2, 0) is 16.6 Å². The van der Waals surface area contributed by atoms with Crippen molar-refractivity contribution in [1.29, 1.82) is 0 Å². The van der Waals surface area contributed by atoms with Crippen molar-refractivity contribution >= 4 is 21.5 Å². The van der Waals surface area contributed by atoms with Gasteiger partial charge in [0.05, 0.1) is 16.8 Å².